The van der Waals surface area contributed by atoms with Crippen LogP contribution in [0.4, 0.5) is 5.95 Å². The number of likely N-dealkylation sites (tertiary alicyclic amines) is 1. The molecule has 4 rings (SSSR count). The van der Waals surface area contributed by atoms with Crippen LogP contribution in [0.3, 0.4) is 0 Å². The van der Waals surface area contributed by atoms with Gasteiger partial charge in [0.15, 0.2) is 15.5 Å². The number of aromatic nitrogens is 3. The highest BCUT2D eigenvalue weighted by Crippen LogP contribution is 2.23. The summed E-state index contributed by atoms with van der Waals surface area (Å²) in [5, 5.41) is 4.01. The van der Waals surface area contributed by atoms with Crippen LogP contribution in [-0.2, 0) is 16.4 Å². The first-order valence-corrected chi connectivity index (χ1v) is 9.97. The molecule has 2 N–H and O–H groups in total. The Labute approximate surface area is 146 Å². The van der Waals surface area contributed by atoms with Gasteiger partial charge in [-0.1, -0.05) is 30.3 Å². The predicted octanol–water partition coefficient (Wildman–Crippen LogP) is 1.21. The molecule has 0 amide bonds. The lowest BCUT2D eigenvalue weighted by atomic mass is 10.1. The number of hydrogen-bond acceptors (Lipinski definition) is 6. The molecule has 1 aliphatic heterocycles. The van der Waals surface area contributed by atoms with Crippen molar-refractivity contribution in [1.82, 2.24) is 19.5 Å². The molecule has 0 atom stereocenters. The summed E-state index contributed by atoms with van der Waals surface area (Å²) in [7, 11) is -2.92. The molecule has 0 spiro atoms. The Morgan fingerprint density at radius 1 is 1.16 bits per heavy atom. The van der Waals surface area contributed by atoms with Gasteiger partial charge in [0, 0.05) is 31.5 Å². The zero-order valence-electron chi connectivity index (χ0n) is 13.8. The second-order valence-electron chi connectivity index (χ2n) is 6.49. The van der Waals surface area contributed by atoms with Crippen molar-refractivity contribution in [3.8, 4) is 11.3 Å². The minimum atomic E-state index is -2.92. The molecule has 0 aliphatic carbocycles. The topological polar surface area (TPSA) is 93.6 Å². The molecule has 1 aliphatic rings. The van der Waals surface area contributed by atoms with Gasteiger partial charge in [0.05, 0.1) is 10.9 Å². The van der Waals surface area contributed by atoms with E-state index in [1.165, 1.54) is 6.26 Å². The lowest BCUT2D eigenvalue weighted by Crippen LogP contribution is -2.53. The fraction of sp³-hybridized carbons (Fsp3) is 0.294. The molecular weight excluding hydrogens is 338 g/mol. The van der Waals surface area contributed by atoms with E-state index in [-0.39, 0.29) is 11.2 Å². The van der Waals surface area contributed by atoms with Crippen molar-refractivity contribution in [2.45, 2.75) is 11.8 Å². The fourth-order valence-corrected chi connectivity index (χ4v) is 4.07. The molecule has 1 fully saturated rings. The van der Waals surface area contributed by atoms with Gasteiger partial charge in [-0.05, 0) is 17.7 Å². The normalized spacial score (nSPS) is 16.2. The zero-order chi connectivity index (χ0) is 17.6. The monoisotopic (exact) mass is 357 g/mol. The number of sulfone groups is 1. The van der Waals surface area contributed by atoms with Gasteiger partial charge in [0.25, 0.3) is 0 Å². The van der Waals surface area contributed by atoms with E-state index in [1.54, 1.807) is 4.52 Å². The molecule has 0 saturated carbocycles. The third-order valence-electron chi connectivity index (χ3n) is 4.56. The minimum absolute atomic E-state index is 0.220. The van der Waals surface area contributed by atoms with E-state index in [0.717, 1.165) is 23.4 Å². The van der Waals surface area contributed by atoms with E-state index >= 15 is 0 Å². The highest BCUT2D eigenvalue weighted by Gasteiger charge is 2.34. The van der Waals surface area contributed by atoms with E-state index in [2.05, 4.69) is 27.1 Å². The van der Waals surface area contributed by atoms with Crippen LogP contribution < -0.4 is 5.73 Å². The summed E-state index contributed by atoms with van der Waals surface area (Å²) in [4.78, 5) is 6.31. The van der Waals surface area contributed by atoms with Gasteiger partial charge in [-0.2, -0.15) is 4.98 Å². The first-order valence-electron chi connectivity index (χ1n) is 8.02. The Hall–Kier alpha value is -2.45. The maximum atomic E-state index is 11.5. The van der Waals surface area contributed by atoms with Gasteiger partial charge in [0.1, 0.15) is 0 Å². The third kappa shape index (κ3) is 3.10. The van der Waals surface area contributed by atoms with Crippen molar-refractivity contribution in [3.05, 3.63) is 48.0 Å². The van der Waals surface area contributed by atoms with Crippen LogP contribution in [0.5, 0.6) is 0 Å². The fourth-order valence-electron chi connectivity index (χ4n) is 3.10. The molecular formula is C17H19N5O2S. The highest BCUT2D eigenvalue weighted by atomic mass is 32.2. The molecule has 0 bridgehead atoms. The van der Waals surface area contributed by atoms with E-state index in [9.17, 15) is 8.42 Å². The van der Waals surface area contributed by atoms with E-state index in [0.29, 0.717) is 18.7 Å². The summed E-state index contributed by atoms with van der Waals surface area (Å²) in [5.41, 5.74) is 9.51. The molecule has 3 heterocycles. The Kier molecular flexibility index (Phi) is 3.73. The van der Waals surface area contributed by atoms with Crippen molar-refractivity contribution in [2.24, 2.45) is 0 Å². The third-order valence-corrected chi connectivity index (χ3v) is 6.07. The molecule has 130 valence electrons. The first kappa shape index (κ1) is 16.0. The zero-order valence-corrected chi connectivity index (χ0v) is 14.6. The summed E-state index contributed by atoms with van der Waals surface area (Å²) in [6.45, 7) is 1.98. The van der Waals surface area contributed by atoms with Crippen LogP contribution in [0.15, 0.2) is 42.5 Å². The van der Waals surface area contributed by atoms with Crippen molar-refractivity contribution in [2.75, 3.05) is 25.1 Å². The molecule has 3 aromatic rings. The standard InChI is InChI=1S/C17H19N5O2S/c1-25(23,24)14-10-21(11-14)9-12-5-7-13(8-6-12)15-3-2-4-16-19-17(18)20-22(15)16/h2-8,14H,9-11H2,1H3,(H2,18,20). The SMILES string of the molecule is CS(=O)(=O)C1CN(Cc2ccc(-c3cccc4nc(N)nn34)cc2)C1. The summed E-state index contributed by atoms with van der Waals surface area (Å²) in [6.07, 6.45) is 1.31. The van der Waals surface area contributed by atoms with Gasteiger partial charge >= 0.3 is 0 Å². The second-order valence-corrected chi connectivity index (χ2v) is 8.82. The number of nitrogens with two attached hydrogens (primary N) is 1. The molecule has 0 unspecified atom stereocenters. The van der Waals surface area contributed by atoms with Crippen LogP contribution in [0.2, 0.25) is 0 Å². The number of anilines is 1. The molecule has 1 aromatic carbocycles. The van der Waals surface area contributed by atoms with Gasteiger partial charge in [0.2, 0.25) is 5.95 Å². The molecule has 25 heavy (non-hydrogen) atoms. The smallest absolute Gasteiger partial charge is 0.240 e. The van der Waals surface area contributed by atoms with Crippen LogP contribution in [0, 0.1) is 0 Å². The Morgan fingerprint density at radius 2 is 1.88 bits per heavy atom. The maximum Gasteiger partial charge on any atom is 0.240 e. The van der Waals surface area contributed by atoms with E-state index in [4.69, 9.17) is 5.73 Å². The van der Waals surface area contributed by atoms with Gasteiger partial charge in [-0.15, -0.1) is 5.10 Å². The molecule has 8 heteroatoms. The number of nitrogen functional groups attached to an aromatic ring is 1. The van der Waals surface area contributed by atoms with E-state index in [1.807, 2.05) is 30.3 Å². The Balaban J connectivity index is 1.51. The van der Waals surface area contributed by atoms with Gasteiger partial charge < -0.3 is 5.73 Å². The Morgan fingerprint density at radius 3 is 2.56 bits per heavy atom. The molecule has 1 saturated heterocycles. The molecule has 2 aromatic heterocycles. The average Bonchev–Trinajstić information content (AvgIpc) is 2.90. The van der Waals surface area contributed by atoms with Crippen molar-refractivity contribution >= 4 is 21.4 Å². The number of fused-ring (bicyclic) bond motifs is 1. The summed E-state index contributed by atoms with van der Waals surface area (Å²) in [5.74, 6) is 0.252. The van der Waals surface area contributed by atoms with Gasteiger partial charge in [-0.3, -0.25) is 4.90 Å². The van der Waals surface area contributed by atoms with Crippen LogP contribution in [0.1, 0.15) is 5.56 Å². The number of hydrogen-bond donors (Lipinski definition) is 1. The van der Waals surface area contributed by atoms with Crippen molar-refractivity contribution in [1.29, 1.82) is 0 Å². The average molecular weight is 357 g/mol. The number of benzene rings is 1. The number of nitrogens with zero attached hydrogens (tertiary/aromatic N) is 4. The minimum Gasteiger partial charge on any atom is -0.366 e. The summed E-state index contributed by atoms with van der Waals surface area (Å²) < 4.78 is 24.7. The summed E-state index contributed by atoms with van der Waals surface area (Å²) in [6, 6.07) is 14.0. The van der Waals surface area contributed by atoms with E-state index < -0.39 is 9.84 Å². The van der Waals surface area contributed by atoms with Crippen molar-refractivity contribution < 1.29 is 8.42 Å². The van der Waals surface area contributed by atoms with Crippen molar-refractivity contribution in [3.63, 3.8) is 0 Å². The maximum absolute atomic E-state index is 11.5. The van der Waals surface area contributed by atoms with Gasteiger partial charge in [-0.25, -0.2) is 12.9 Å². The quantitative estimate of drug-likeness (QED) is 0.754. The first-order chi connectivity index (χ1) is 11.9. The second kappa shape index (κ2) is 5.82. The Bertz CT molecular complexity index is 1020. The van der Waals surface area contributed by atoms with Crippen LogP contribution in [-0.4, -0.2) is 52.5 Å². The van der Waals surface area contributed by atoms with Crippen LogP contribution in [0.25, 0.3) is 16.9 Å². The lowest BCUT2D eigenvalue weighted by Gasteiger charge is -2.37. The predicted molar refractivity (Wildman–Crippen MR) is 96.7 cm³/mol. The largest absolute Gasteiger partial charge is 0.366 e. The highest BCUT2D eigenvalue weighted by molar-refractivity contribution is 7.91. The molecule has 7 nitrogen and oxygen atoms in total. The lowest BCUT2D eigenvalue weighted by molar-refractivity contribution is 0.176. The number of pyridine rings is 1. The summed E-state index contributed by atoms with van der Waals surface area (Å²) >= 11 is 0. The van der Waals surface area contributed by atoms with Crippen LogP contribution >= 0.6 is 0 Å². The number of rotatable bonds is 4. The molecule has 0 radical (unpaired) electrons.